The molecule has 0 aliphatic rings. The molecule has 1 unspecified atom stereocenters. The summed E-state index contributed by atoms with van der Waals surface area (Å²) in [5.41, 5.74) is 8.50. The molecule has 0 saturated heterocycles. The highest BCUT2D eigenvalue weighted by atomic mass is 32.1. The van der Waals surface area contributed by atoms with Crippen LogP contribution in [-0.4, -0.2) is 26.7 Å². The van der Waals surface area contributed by atoms with Gasteiger partial charge in [0.1, 0.15) is 18.0 Å². The molecule has 7 heteroatoms. The standard InChI is InChI=1S/C19H17N5OS/c20-17-7-6-13(9-21-17)16-8-14-18(26-16)19(23-11-22-14)24-15(10-25)12-4-2-1-3-5-12/h1-9,11,15,25H,10H2,(H2,20,21)(H,22,23,24). The van der Waals surface area contributed by atoms with Crippen LogP contribution in [0.1, 0.15) is 11.6 Å². The second-order valence-corrected chi connectivity index (χ2v) is 6.86. The van der Waals surface area contributed by atoms with Crippen LogP contribution >= 0.6 is 11.3 Å². The summed E-state index contributed by atoms with van der Waals surface area (Å²) >= 11 is 1.58. The van der Waals surface area contributed by atoms with Gasteiger partial charge >= 0.3 is 0 Å². The molecule has 4 aromatic rings. The molecule has 0 aliphatic carbocycles. The molecule has 3 aromatic heterocycles. The number of aromatic nitrogens is 3. The SMILES string of the molecule is Nc1ccc(-c2cc3ncnc(NC(CO)c4ccccc4)c3s2)cn1. The molecule has 130 valence electrons. The monoisotopic (exact) mass is 363 g/mol. The summed E-state index contributed by atoms with van der Waals surface area (Å²) in [6.45, 7) is -0.0321. The predicted molar refractivity (Wildman–Crippen MR) is 105 cm³/mol. The number of aliphatic hydroxyl groups excluding tert-OH is 1. The van der Waals surface area contributed by atoms with E-state index in [4.69, 9.17) is 5.73 Å². The van der Waals surface area contributed by atoms with E-state index in [2.05, 4.69) is 20.3 Å². The molecule has 4 rings (SSSR count). The van der Waals surface area contributed by atoms with Gasteiger partial charge in [0, 0.05) is 16.6 Å². The summed E-state index contributed by atoms with van der Waals surface area (Å²) in [4.78, 5) is 13.9. The lowest BCUT2D eigenvalue weighted by atomic mass is 10.1. The molecule has 4 N–H and O–H groups in total. The Morgan fingerprint density at radius 1 is 1.08 bits per heavy atom. The number of nitrogens with two attached hydrogens (primary N) is 1. The molecule has 0 fully saturated rings. The van der Waals surface area contributed by atoms with Crippen LogP contribution < -0.4 is 11.1 Å². The van der Waals surface area contributed by atoms with Crippen LogP contribution in [0.4, 0.5) is 11.6 Å². The van der Waals surface area contributed by atoms with Crippen molar-refractivity contribution in [2.75, 3.05) is 17.7 Å². The topological polar surface area (TPSA) is 97.0 Å². The number of pyridine rings is 1. The Morgan fingerprint density at radius 3 is 2.65 bits per heavy atom. The number of benzene rings is 1. The van der Waals surface area contributed by atoms with Gasteiger partial charge in [0.05, 0.1) is 22.9 Å². The quantitative estimate of drug-likeness (QED) is 0.502. The fourth-order valence-corrected chi connectivity index (χ4v) is 3.79. The van der Waals surface area contributed by atoms with Crippen molar-refractivity contribution in [1.82, 2.24) is 15.0 Å². The zero-order valence-corrected chi connectivity index (χ0v) is 14.6. The fourth-order valence-electron chi connectivity index (χ4n) is 2.74. The normalized spacial score (nSPS) is 12.2. The lowest BCUT2D eigenvalue weighted by Gasteiger charge is -2.17. The van der Waals surface area contributed by atoms with Gasteiger partial charge in [-0.2, -0.15) is 0 Å². The molecule has 1 aromatic carbocycles. The van der Waals surface area contributed by atoms with Crippen molar-refractivity contribution in [3.63, 3.8) is 0 Å². The number of hydrogen-bond acceptors (Lipinski definition) is 7. The summed E-state index contributed by atoms with van der Waals surface area (Å²) in [7, 11) is 0. The molecule has 0 amide bonds. The summed E-state index contributed by atoms with van der Waals surface area (Å²) < 4.78 is 0.939. The summed E-state index contributed by atoms with van der Waals surface area (Å²) in [5, 5.41) is 13.1. The number of rotatable bonds is 5. The second kappa shape index (κ2) is 7.07. The summed E-state index contributed by atoms with van der Waals surface area (Å²) in [6, 6.07) is 15.3. The number of nitrogens with one attached hydrogen (secondary N) is 1. The molecule has 6 nitrogen and oxygen atoms in total. The summed E-state index contributed by atoms with van der Waals surface area (Å²) in [6.07, 6.45) is 3.28. The zero-order valence-electron chi connectivity index (χ0n) is 13.8. The van der Waals surface area contributed by atoms with Crippen LogP contribution in [0.2, 0.25) is 0 Å². The molecule has 0 spiro atoms. The first kappa shape index (κ1) is 16.4. The van der Waals surface area contributed by atoms with Gasteiger partial charge in [0.2, 0.25) is 0 Å². The van der Waals surface area contributed by atoms with Crippen LogP contribution in [0.3, 0.4) is 0 Å². The van der Waals surface area contributed by atoms with Gasteiger partial charge in [-0.05, 0) is 23.8 Å². The second-order valence-electron chi connectivity index (χ2n) is 5.81. The van der Waals surface area contributed by atoms with Crippen LogP contribution in [0.15, 0.2) is 61.1 Å². The zero-order chi connectivity index (χ0) is 17.9. The number of aliphatic hydroxyl groups is 1. The van der Waals surface area contributed by atoms with Crippen molar-refractivity contribution in [2.24, 2.45) is 0 Å². The van der Waals surface area contributed by atoms with E-state index in [0.717, 1.165) is 26.2 Å². The van der Waals surface area contributed by atoms with Gasteiger partial charge in [-0.15, -0.1) is 11.3 Å². The van der Waals surface area contributed by atoms with Gasteiger partial charge in [-0.3, -0.25) is 0 Å². The molecular weight excluding hydrogens is 346 g/mol. The van der Waals surface area contributed by atoms with Crippen molar-refractivity contribution >= 4 is 33.2 Å². The van der Waals surface area contributed by atoms with Crippen molar-refractivity contribution in [2.45, 2.75) is 6.04 Å². The number of nitrogen functional groups attached to an aromatic ring is 1. The summed E-state index contributed by atoms with van der Waals surface area (Å²) in [5.74, 6) is 1.20. The van der Waals surface area contributed by atoms with Crippen LogP contribution in [-0.2, 0) is 0 Å². The highest BCUT2D eigenvalue weighted by Crippen LogP contribution is 2.36. The third-order valence-electron chi connectivity index (χ3n) is 4.08. The Balaban J connectivity index is 1.70. The number of anilines is 2. The maximum absolute atomic E-state index is 9.80. The molecule has 0 radical (unpaired) electrons. The highest BCUT2D eigenvalue weighted by Gasteiger charge is 2.15. The average molecular weight is 363 g/mol. The Labute approximate surface area is 154 Å². The number of thiophene rings is 1. The van der Waals surface area contributed by atoms with E-state index in [0.29, 0.717) is 11.6 Å². The molecular formula is C19H17N5OS. The minimum Gasteiger partial charge on any atom is -0.394 e. The van der Waals surface area contributed by atoms with Gasteiger partial charge in [-0.25, -0.2) is 15.0 Å². The third-order valence-corrected chi connectivity index (χ3v) is 5.26. The number of nitrogens with zero attached hydrogens (tertiary/aromatic N) is 3. The van der Waals surface area contributed by atoms with Crippen LogP contribution in [0.5, 0.6) is 0 Å². The van der Waals surface area contributed by atoms with Gasteiger partial charge in [-0.1, -0.05) is 30.3 Å². The first-order valence-electron chi connectivity index (χ1n) is 8.13. The lowest BCUT2D eigenvalue weighted by Crippen LogP contribution is -2.15. The van der Waals surface area contributed by atoms with E-state index < -0.39 is 0 Å². The smallest absolute Gasteiger partial charge is 0.148 e. The van der Waals surface area contributed by atoms with E-state index in [1.807, 2.05) is 42.5 Å². The maximum Gasteiger partial charge on any atom is 0.148 e. The Kier molecular flexibility index (Phi) is 4.47. The molecule has 0 saturated carbocycles. The number of fused-ring (bicyclic) bond motifs is 1. The van der Waals surface area contributed by atoms with E-state index >= 15 is 0 Å². The van der Waals surface area contributed by atoms with Gasteiger partial charge in [0.25, 0.3) is 0 Å². The van der Waals surface area contributed by atoms with Gasteiger partial charge < -0.3 is 16.2 Å². The Morgan fingerprint density at radius 2 is 1.92 bits per heavy atom. The van der Waals surface area contributed by atoms with Crippen molar-refractivity contribution in [3.05, 3.63) is 66.6 Å². The minimum absolute atomic E-state index is 0.0321. The van der Waals surface area contributed by atoms with E-state index in [-0.39, 0.29) is 12.6 Å². The maximum atomic E-state index is 9.80. The van der Waals surface area contributed by atoms with Crippen molar-refractivity contribution < 1.29 is 5.11 Å². The third kappa shape index (κ3) is 3.22. The highest BCUT2D eigenvalue weighted by molar-refractivity contribution is 7.22. The van der Waals surface area contributed by atoms with E-state index in [9.17, 15) is 5.11 Å². The van der Waals surface area contributed by atoms with Gasteiger partial charge in [0.15, 0.2) is 0 Å². The van der Waals surface area contributed by atoms with E-state index in [1.165, 1.54) is 6.33 Å². The predicted octanol–water partition coefficient (Wildman–Crippen LogP) is 3.48. The first-order valence-corrected chi connectivity index (χ1v) is 8.95. The van der Waals surface area contributed by atoms with Crippen molar-refractivity contribution in [3.8, 4) is 10.4 Å². The molecule has 3 heterocycles. The molecule has 0 bridgehead atoms. The minimum atomic E-state index is -0.238. The largest absolute Gasteiger partial charge is 0.394 e. The van der Waals surface area contributed by atoms with Crippen LogP contribution in [0, 0.1) is 0 Å². The molecule has 26 heavy (non-hydrogen) atoms. The molecule has 1 atom stereocenters. The molecule has 0 aliphatic heterocycles. The van der Waals surface area contributed by atoms with Crippen molar-refractivity contribution in [1.29, 1.82) is 0 Å². The first-order chi connectivity index (χ1) is 12.7. The number of hydrogen-bond donors (Lipinski definition) is 3. The Hall–Kier alpha value is -3.03. The average Bonchev–Trinajstić information content (AvgIpc) is 3.12. The Bertz CT molecular complexity index is 1020. The lowest BCUT2D eigenvalue weighted by molar-refractivity contribution is 0.276. The van der Waals surface area contributed by atoms with Crippen LogP contribution in [0.25, 0.3) is 20.7 Å². The fraction of sp³-hybridized carbons (Fsp3) is 0.105. The van der Waals surface area contributed by atoms with E-state index in [1.54, 1.807) is 23.6 Å².